The van der Waals surface area contributed by atoms with Crippen LogP contribution in [0.1, 0.15) is 5.56 Å². The fourth-order valence-corrected chi connectivity index (χ4v) is 2.40. The van der Waals surface area contributed by atoms with Gasteiger partial charge >= 0.3 is 6.18 Å². The lowest BCUT2D eigenvalue weighted by Gasteiger charge is -2.11. The summed E-state index contributed by atoms with van der Waals surface area (Å²) in [4.78, 5) is 0. The van der Waals surface area contributed by atoms with Crippen LogP contribution in [0, 0.1) is 0 Å². The van der Waals surface area contributed by atoms with E-state index < -0.39 is 11.7 Å². The third-order valence-electron chi connectivity index (χ3n) is 3.66. The number of fused-ring (bicyclic) bond motifs is 1. The second kappa shape index (κ2) is 5.34. The molecule has 0 atom stereocenters. The molecule has 0 amide bonds. The lowest BCUT2D eigenvalue weighted by atomic mass is 9.98. The molecule has 0 N–H and O–H groups in total. The number of halogens is 3. The molecule has 0 saturated carbocycles. The van der Waals surface area contributed by atoms with Crippen molar-refractivity contribution in [3.8, 4) is 11.1 Å². The summed E-state index contributed by atoms with van der Waals surface area (Å²) in [5, 5.41) is 2.23. The average Bonchev–Trinajstić information content (AvgIpc) is 2.53. The summed E-state index contributed by atoms with van der Waals surface area (Å²) >= 11 is 0. The topological polar surface area (TPSA) is 0 Å². The number of rotatable bonds is 2. The van der Waals surface area contributed by atoms with Gasteiger partial charge in [0.2, 0.25) is 0 Å². The molecule has 22 heavy (non-hydrogen) atoms. The third kappa shape index (κ3) is 2.75. The van der Waals surface area contributed by atoms with Crippen LogP contribution in [-0.2, 0) is 0 Å². The van der Waals surface area contributed by atoms with Crippen molar-refractivity contribution < 1.29 is 13.2 Å². The van der Waals surface area contributed by atoms with Crippen LogP contribution in [0.4, 0.5) is 13.2 Å². The van der Waals surface area contributed by atoms with E-state index in [1.165, 1.54) is 12.1 Å². The highest BCUT2D eigenvalue weighted by Gasteiger charge is 2.32. The van der Waals surface area contributed by atoms with E-state index in [1.54, 1.807) is 12.1 Å². The molecule has 3 aromatic carbocycles. The molecule has 0 heterocycles. The summed E-state index contributed by atoms with van der Waals surface area (Å²) in [6, 6.07) is 20.3. The molecule has 110 valence electrons. The molecular formula is C19H13F3. The van der Waals surface area contributed by atoms with Crippen LogP contribution < -0.4 is 0 Å². The molecule has 0 fully saturated rings. The molecule has 3 rings (SSSR count). The highest BCUT2D eigenvalue weighted by Crippen LogP contribution is 2.33. The van der Waals surface area contributed by atoms with Gasteiger partial charge < -0.3 is 0 Å². The summed E-state index contributed by atoms with van der Waals surface area (Å²) in [5.41, 5.74) is 1.13. The number of benzene rings is 3. The first-order valence-corrected chi connectivity index (χ1v) is 6.81. The quantitative estimate of drug-likeness (QED) is 0.537. The number of hydrogen-bond acceptors (Lipinski definition) is 0. The van der Waals surface area contributed by atoms with Gasteiger partial charge in [0.1, 0.15) is 0 Å². The highest BCUT2D eigenvalue weighted by atomic mass is 19.4. The molecule has 0 aliphatic rings. The molecule has 0 nitrogen and oxygen atoms in total. The SMILES string of the molecule is C=C(c1ccc(-c2ccc3ccccc3c2)cc1)C(F)(F)F. The zero-order valence-corrected chi connectivity index (χ0v) is 11.7. The van der Waals surface area contributed by atoms with Crippen molar-refractivity contribution >= 4 is 16.3 Å². The molecule has 0 bridgehead atoms. The van der Waals surface area contributed by atoms with Gasteiger partial charge in [-0.15, -0.1) is 0 Å². The minimum atomic E-state index is -4.40. The maximum absolute atomic E-state index is 12.6. The second-order valence-electron chi connectivity index (χ2n) is 5.12. The fourth-order valence-electron chi connectivity index (χ4n) is 2.40. The Balaban J connectivity index is 1.96. The predicted molar refractivity (Wildman–Crippen MR) is 84.5 cm³/mol. The lowest BCUT2D eigenvalue weighted by Crippen LogP contribution is -2.09. The number of alkyl halides is 3. The van der Waals surface area contributed by atoms with Crippen LogP contribution >= 0.6 is 0 Å². The predicted octanol–water partition coefficient (Wildman–Crippen LogP) is 6.08. The van der Waals surface area contributed by atoms with Crippen LogP contribution in [0.5, 0.6) is 0 Å². The molecule has 0 radical (unpaired) electrons. The van der Waals surface area contributed by atoms with E-state index in [-0.39, 0.29) is 5.56 Å². The fraction of sp³-hybridized carbons (Fsp3) is 0.0526. The zero-order chi connectivity index (χ0) is 15.7. The molecule has 3 aromatic rings. The van der Waals surface area contributed by atoms with Gasteiger partial charge in [0, 0.05) is 0 Å². The van der Waals surface area contributed by atoms with E-state index >= 15 is 0 Å². The van der Waals surface area contributed by atoms with Crippen molar-refractivity contribution in [1.29, 1.82) is 0 Å². The largest absolute Gasteiger partial charge is 0.416 e. The van der Waals surface area contributed by atoms with Crippen molar-refractivity contribution in [2.75, 3.05) is 0 Å². The summed E-state index contributed by atoms with van der Waals surface area (Å²) in [6.07, 6.45) is -4.40. The van der Waals surface area contributed by atoms with E-state index in [1.807, 2.05) is 42.5 Å². The number of allylic oxidation sites excluding steroid dienone is 1. The van der Waals surface area contributed by atoms with Gasteiger partial charge in [-0.25, -0.2) is 0 Å². The molecule has 0 unspecified atom stereocenters. The van der Waals surface area contributed by atoms with E-state index in [0.717, 1.165) is 21.9 Å². The number of hydrogen-bond donors (Lipinski definition) is 0. The molecule has 0 spiro atoms. The van der Waals surface area contributed by atoms with Gasteiger partial charge in [-0.1, -0.05) is 67.2 Å². The normalized spacial score (nSPS) is 11.6. The van der Waals surface area contributed by atoms with Crippen LogP contribution in [0.2, 0.25) is 0 Å². The van der Waals surface area contributed by atoms with Crippen LogP contribution in [0.3, 0.4) is 0 Å². The van der Waals surface area contributed by atoms with Crippen molar-refractivity contribution in [2.45, 2.75) is 6.18 Å². The minimum Gasteiger partial charge on any atom is -0.166 e. The Labute approximate surface area is 126 Å². The second-order valence-corrected chi connectivity index (χ2v) is 5.12. The average molecular weight is 298 g/mol. The smallest absolute Gasteiger partial charge is 0.166 e. The first-order chi connectivity index (χ1) is 10.4. The van der Waals surface area contributed by atoms with E-state index in [9.17, 15) is 13.2 Å². The zero-order valence-electron chi connectivity index (χ0n) is 11.7. The summed E-state index contributed by atoms with van der Waals surface area (Å²) in [5.74, 6) is 0. The maximum atomic E-state index is 12.6. The molecule has 0 saturated heterocycles. The summed E-state index contributed by atoms with van der Waals surface area (Å²) in [6.45, 7) is 3.11. The Morgan fingerprint density at radius 1 is 0.727 bits per heavy atom. The van der Waals surface area contributed by atoms with E-state index in [2.05, 4.69) is 6.58 Å². The molecular weight excluding hydrogens is 285 g/mol. The van der Waals surface area contributed by atoms with Gasteiger partial charge in [-0.3, -0.25) is 0 Å². The van der Waals surface area contributed by atoms with Crippen molar-refractivity contribution in [3.05, 3.63) is 78.9 Å². The molecule has 3 heteroatoms. The van der Waals surface area contributed by atoms with Crippen LogP contribution in [0.25, 0.3) is 27.5 Å². The maximum Gasteiger partial charge on any atom is 0.416 e. The van der Waals surface area contributed by atoms with E-state index in [4.69, 9.17) is 0 Å². The Hall–Kier alpha value is -2.55. The minimum absolute atomic E-state index is 0.0945. The van der Waals surface area contributed by atoms with Crippen LogP contribution in [0.15, 0.2) is 73.3 Å². The van der Waals surface area contributed by atoms with Crippen molar-refractivity contribution in [1.82, 2.24) is 0 Å². The first kappa shape index (κ1) is 14.4. The monoisotopic (exact) mass is 298 g/mol. The lowest BCUT2D eigenvalue weighted by molar-refractivity contribution is -0.0686. The van der Waals surface area contributed by atoms with Gasteiger partial charge in [-0.05, 0) is 33.5 Å². The Morgan fingerprint density at radius 3 is 1.95 bits per heavy atom. The molecule has 0 aliphatic heterocycles. The van der Waals surface area contributed by atoms with Crippen LogP contribution in [-0.4, -0.2) is 6.18 Å². The summed E-state index contributed by atoms with van der Waals surface area (Å²) < 4.78 is 37.9. The highest BCUT2D eigenvalue weighted by molar-refractivity contribution is 5.87. The Bertz CT molecular complexity index is 827. The first-order valence-electron chi connectivity index (χ1n) is 6.81. The van der Waals surface area contributed by atoms with Crippen molar-refractivity contribution in [3.63, 3.8) is 0 Å². The Morgan fingerprint density at radius 2 is 1.32 bits per heavy atom. The van der Waals surface area contributed by atoms with Gasteiger partial charge in [0.15, 0.2) is 0 Å². The van der Waals surface area contributed by atoms with Gasteiger partial charge in [0.25, 0.3) is 0 Å². The molecule has 0 aliphatic carbocycles. The van der Waals surface area contributed by atoms with Gasteiger partial charge in [0.05, 0.1) is 5.57 Å². The van der Waals surface area contributed by atoms with Gasteiger partial charge in [-0.2, -0.15) is 13.2 Å². The molecule has 0 aromatic heterocycles. The standard InChI is InChI=1S/C19H13F3/c1-13(19(20,21)22)14-6-8-16(9-7-14)18-11-10-15-4-2-3-5-17(15)12-18/h2-12H,1H2. The summed E-state index contributed by atoms with van der Waals surface area (Å²) in [7, 11) is 0. The Kier molecular flexibility index (Phi) is 3.49. The van der Waals surface area contributed by atoms with E-state index in [0.29, 0.717) is 0 Å². The third-order valence-corrected chi connectivity index (χ3v) is 3.66. The van der Waals surface area contributed by atoms with Crippen molar-refractivity contribution in [2.24, 2.45) is 0 Å².